The third kappa shape index (κ3) is 38.2. The number of amides is 9. The lowest BCUT2D eigenvalue weighted by Crippen LogP contribution is -2.36. The summed E-state index contributed by atoms with van der Waals surface area (Å²) >= 11 is 10.9. The lowest BCUT2D eigenvalue weighted by molar-refractivity contribution is -0.384. The van der Waals surface area contributed by atoms with Crippen molar-refractivity contribution in [1.82, 2.24) is 67.6 Å². The number of hydrogen-bond acceptors (Lipinski definition) is 29. The molecule has 0 bridgehead atoms. The standard InChI is InChI=1S/C25H21F3N4O5S.C24H24F3N3O6S.C22H20ClN5O5S.C19H22F3N3O4S/c1-15-19(23(32-37-15)16-5-3-2-4-6-16)11-30-24(34)20-14-38-22(31-20)12-29-21(33)13-35-17-7-9-18(10-8-17)36-25(26,27)28;1-33-18-7-8-20(34-2)15(11-18)9-10-28-23(32)19-14-37-22(30-19)12-29-21(31)13-35-16-3-5-17(6-4-16)36-24(25,26)27;23-16-3-1-2-14(10-16)8-9-24-22(31)18-13-34-20(27-18)12-25-19(29)11-26-21(30)15-4-6-17(7-5-15)28(32)33;1-11(2)3-8-14-17(18(23)27)25-16(30-14)9-24-15(26)10-28-12-4-6-13(7-5-12)29-19(20,21)22/h2-10,14H,11-13H2,1H3,(H,29,33)(H,30,34);3-8,11,14H,9-10,12-13H2,1-2H3,(H,28,32)(H,29,31);1-7,10,13H,8-9,11-12H2,(H,24,31)(H,25,29)(H,26,30);4-7,11H,3,8-10H2,1-2H3,(H2,23,27)(H,24,26). The fraction of sp³-hybridized carbons (Fsp3) is 0.267. The summed E-state index contributed by atoms with van der Waals surface area (Å²) in [6.45, 7) is 5.92. The first-order chi connectivity index (χ1) is 66.2. The van der Waals surface area contributed by atoms with Crippen molar-refractivity contribution in [2.75, 3.05) is 53.7 Å². The van der Waals surface area contributed by atoms with Crippen molar-refractivity contribution in [3.63, 3.8) is 0 Å². The SMILES string of the molecule is CC(C)CCc1sc(CNC(=O)COc2ccc(OC(F)(F)F)cc2)nc1C(N)=O.COc1ccc(OC)c(CCNC(=O)c2csc(CNC(=O)COc3ccc(OC(F)(F)F)cc3)n2)c1.Cc1onc(-c2ccccc2)c1CNC(=O)c1csc(CNC(=O)COc2ccc(OC(F)(F)F)cc2)n1.O=C(CNC(=O)c1ccc([N+](=O)[O-])cc1)NCc1nc(C(=O)NCCc2cccc(Cl)c2)cs1. The van der Waals surface area contributed by atoms with E-state index in [1.165, 1.54) is 106 Å². The number of thiazole rings is 4. The summed E-state index contributed by atoms with van der Waals surface area (Å²) in [5, 5.41) is 43.5. The van der Waals surface area contributed by atoms with Crippen molar-refractivity contribution in [2.24, 2.45) is 11.7 Å². The second kappa shape index (κ2) is 52.9. The van der Waals surface area contributed by atoms with E-state index in [4.69, 9.17) is 45.5 Å². The number of alkyl halides is 9. The number of ether oxygens (including phenoxy) is 8. The van der Waals surface area contributed by atoms with Crippen LogP contribution >= 0.6 is 56.9 Å². The van der Waals surface area contributed by atoms with Gasteiger partial charge in [-0.05, 0) is 165 Å². The largest absolute Gasteiger partial charge is 0.573 e. The Bertz CT molecular complexity index is 6110. The number of carbonyl (C=O) groups is 9. The molecule has 736 valence electrons. The van der Waals surface area contributed by atoms with Crippen molar-refractivity contribution >= 4 is 116 Å². The zero-order valence-corrected chi connectivity index (χ0v) is 77.9. The third-order valence-corrected chi connectivity index (χ3v) is 22.2. The van der Waals surface area contributed by atoms with E-state index in [1.807, 2.05) is 54.6 Å². The van der Waals surface area contributed by atoms with Crippen LogP contribution in [0.4, 0.5) is 45.2 Å². The monoisotopic (exact) mass is 2030 g/mol. The molecule has 9 amide bonds. The van der Waals surface area contributed by atoms with Crippen LogP contribution in [0, 0.1) is 23.0 Å². The number of nitro benzene ring substituents is 1. The minimum absolute atomic E-state index is 0.0708. The van der Waals surface area contributed by atoms with Gasteiger partial charge in [0.1, 0.15) is 100 Å². The molecule has 7 aromatic carbocycles. The summed E-state index contributed by atoms with van der Waals surface area (Å²) in [7, 11) is 3.14. The molecule has 0 saturated heterocycles. The van der Waals surface area contributed by atoms with E-state index < -0.39 is 71.0 Å². The van der Waals surface area contributed by atoms with Crippen molar-refractivity contribution < 1.29 is 130 Å². The molecule has 0 unspecified atom stereocenters. The van der Waals surface area contributed by atoms with Gasteiger partial charge >= 0.3 is 19.1 Å². The Hall–Kier alpha value is -15.0. The summed E-state index contributed by atoms with van der Waals surface area (Å²) in [6, 6.07) is 41.4. The third-order valence-electron chi connectivity index (χ3n) is 18.3. The number of rotatable bonds is 42. The number of carbonyl (C=O) groups excluding carboxylic acids is 9. The van der Waals surface area contributed by atoms with Crippen LogP contribution in [0.2, 0.25) is 5.02 Å². The predicted octanol–water partition coefficient (Wildman–Crippen LogP) is 14.5. The second-order valence-corrected chi connectivity index (χ2v) is 33.4. The summed E-state index contributed by atoms with van der Waals surface area (Å²) in [5.74, 6) is -2.17. The normalized spacial score (nSPS) is 11.0. The minimum atomic E-state index is -4.79. The Kier molecular flexibility index (Phi) is 41.0. The van der Waals surface area contributed by atoms with Gasteiger partial charge in [-0.15, -0.1) is 84.9 Å². The zero-order valence-electron chi connectivity index (χ0n) is 73.9. The number of nitro groups is 1. The van der Waals surface area contributed by atoms with Crippen LogP contribution in [0.25, 0.3) is 11.3 Å². The maximum atomic E-state index is 12.6. The number of benzene rings is 7. The first-order valence-corrected chi connectivity index (χ1v) is 45.0. The number of nitrogens with one attached hydrogen (secondary N) is 8. The van der Waals surface area contributed by atoms with Crippen LogP contribution in [0.3, 0.4) is 0 Å². The van der Waals surface area contributed by atoms with Crippen LogP contribution in [-0.2, 0) is 71.2 Å². The average molecular weight is 2030 g/mol. The van der Waals surface area contributed by atoms with E-state index in [2.05, 4.69) is 95.7 Å². The van der Waals surface area contributed by atoms with E-state index in [9.17, 15) is 92.8 Å². The molecule has 12 aromatic rings. The first kappa shape index (κ1) is 108. The molecule has 5 aromatic heterocycles. The van der Waals surface area contributed by atoms with Crippen molar-refractivity contribution in [1.29, 1.82) is 0 Å². The van der Waals surface area contributed by atoms with E-state index >= 15 is 0 Å². The van der Waals surface area contributed by atoms with Gasteiger partial charge < -0.3 is 90.7 Å². The van der Waals surface area contributed by atoms with Gasteiger partial charge in [0.05, 0.1) is 51.9 Å². The maximum Gasteiger partial charge on any atom is 0.573 e. The van der Waals surface area contributed by atoms with Gasteiger partial charge in [-0.1, -0.05) is 73.1 Å². The predicted molar refractivity (Wildman–Crippen MR) is 490 cm³/mol. The Morgan fingerprint density at radius 2 is 0.928 bits per heavy atom. The number of hydrogen-bond donors (Lipinski definition) is 9. The second-order valence-electron chi connectivity index (χ2n) is 29.0. The zero-order chi connectivity index (χ0) is 101. The van der Waals surface area contributed by atoms with Crippen LogP contribution in [-0.4, -0.2) is 156 Å². The number of aromatic nitrogens is 5. The van der Waals surface area contributed by atoms with E-state index in [0.717, 1.165) is 69.9 Å². The summed E-state index contributed by atoms with van der Waals surface area (Å²) in [4.78, 5) is 137. The lowest BCUT2D eigenvalue weighted by Gasteiger charge is -2.10. The topological polar surface area (TPSA) is 470 Å². The van der Waals surface area contributed by atoms with Gasteiger partial charge in [-0.2, -0.15) is 0 Å². The molecule has 12 rings (SSSR count). The molecule has 0 radical (unpaired) electrons. The minimum Gasteiger partial charge on any atom is -0.497 e. The summed E-state index contributed by atoms with van der Waals surface area (Å²) in [5.41, 5.74) is 10.5. The molecule has 35 nitrogen and oxygen atoms in total. The summed E-state index contributed by atoms with van der Waals surface area (Å²) in [6.07, 6.45) is -11.6. The van der Waals surface area contributed by atoms with Crippen LogP contribution in [0.15, 0.2) is 191 Å². The number of nitrogens with two attached hydrogens (primary N) is 1. The fourth-order valence-corrected chi connectivity index (χ4v) is 15.0. The Balaban J connectivity index is 0.000000208. The van der Waals surface area contributed by atoms with Crippen LogP contribution in [0.1, 0.15) is 120 Å². The van der Waals surface area contributed by atoms with Gasteiger partial charge in [0.2, 0.25) is 5.91 Å². The molecule has 0 aliphatic rings. The molecule has 5 heterocycles. The molecule has 0 fully saturated rings. The molecule has 0 spiro atoms. The van der Waals surface area contributed by atoms with Crippen LogP contribution in [0.5, 0.6) is 46.0 Å². The molecule has 0 aliphatic heterocycles. The Labute approximate surface area is 806 Å². The van der Waals surface area contributed by atoms with E-state index in [-0.39, 0.29) is 134 Å². The number of halogens is 10. The first-order valence-electron chi connectivity index (χ1n) is 41.2. The smallest absolute Gasteiger partial charge is 0.497 e. The lowest BCUT2D eigenvalue weighted by atomic mass is 10.1. The highest BCUT2D eigenvalue weighted by Gasteiger charge is 2.34. The Morgan fingerprint density at radius 1 is 0.482 bits per heavy atom. The number of primary amides is 1. The number of nitrogens with zero attached hydrogens (tertiary/aromatic N) is 6. The molecular formula is C90H87ClF9N15O20S4. The molecule has 0 atom stereocenters. The Morgan fingerprint density at radius 3 is 1.37 bits per heavy atom. The highest BCUT2D eigenvalue weighted by Crippen LogP contribution is 2.32. The van der Waals surface area contributed by atoms with Crippen molar-refractivity contribution in [3.05, 3.63) is 277 Å². The van der Waals surface area contributed by atoms with Gasteiger partial charge in [-0.25, -0.2) is 19.9 Å². The van der Waals surface area contributed by atoms with E-state index in [1.54, 1.807) is 55.5 Å². The van der Waals surface area contributed by atoms with Gasteiger partial charge in [-0.3, -0.25) is 53.3 Å². The average Bonchev–Trinajstić information content (AvgIpc) is 1.69. The van der Waals surface area contributed by atoms with Gasteiger partial charge in [0.15, 0.2) is 19.8 Å². The van der Waals surface area contributed by atoms with Crippen LogP contribution < -0.4 is 86.2 Å². The van der Waals surface area contributed by atoms with Crippen molar-refractivity contribution in [3.8, 4) is 57.3 Å². The number of methoxy groups -OCH3 is 2. The van der Waals surface area contributed by atoms with Gasteiger partial charge in [0.25, 0.3) is 52.9 Å². The summed E-state index contributed by atoms with van der Waals surface area (Å²) < 4.78 is 153. The number of aryl methyl sites for hydroxylation is 2. The molecule has 139 heavy (non-hydrogen) atoms. The quantitative estimate of drug-likeness (QED) is 0.00974. The highest BCUT2D eigenvalue weighted by molar-refractivity contribution is 7.12. The van der Waals surface area contributed by atoms with Gasteiger partial charge in [0, 0.05) is 74.5 Å². The fourth-order valence-electron chi connectivity index (χ4n) is 11.6. The molecule has 10 N–H and O–H groups in total. The van der Waals surface area contributed by atoms with Crippen molar-refractivity contribution in [2.45, 2.75) is 98.3 Å². The molecule has 0 saturated carbocycles. The molecule has 0 aliphatic carbocycles. The molecular weight excluding hydrogens is 1950 g/mol. The highest BCUT2D eigenvalue weighted by atomic mass is 35.5. The molecule has 49 heteroatoms. The number of non-ortho nitro benzene ring substituents is 1. The maximum absolute atomic E-state index is 12.6. The van der Waals surface area contributed by atoms with E-state index in [0.29, 0.717) is 86.3 Å².